The Hall–Kier alpha value is -2.29. The lowest BCUT2D eigenvalue weighted by Crippen LogP contribution is -2.05. The van der Waals surface area contributed by atoms with Crippen LogP contribution in [0.1, 0.15) is 16.7 Å². The van der Waals surface area contributed by atoms with Crippen LogP contribution in [0.2, 0.25) is 0 Å². The highest BCUT2D eigenvalue weighted by Gasteiger charge is 2.31. The number of aliphatic carboxylic acids is 1. The largest absolute Gasteiger partial charge is 0.478 e. The van der Waals surface area contributed by atoms with Crippen LogP contribution >= 0.6 is 0 Å². The summed E-state index contributed by atoms with van der Waals surface area (Å²) in [7, 11) is 0. The fraction of sp³-hybridized carbons (Fsp3) is 0.0909. The summed E-state index contributed by atoms with van der Waals surface area (Å²) in [6.45, 7) is 0. The van der Waals surface area contributed by atoms with Crippen molar-refractivity contribution in [1.29, 1.82) is 5.26 Å². The quantitative estimate of drug-likeness (QED) is 0.809. The predicted octanol–water partition coefficient (Wildman–Crippen LogP) is 2.67. The second kappa shape index (κ2) is 4.70. The van der Waals surface area contributed by atoms with E-state index in [0.29, 0.717) is 12.1 Å². The average molecular weight is 241 g/mol. The Morgan fingerprint density at radius 3 is 2.47 bits per heavy atom. The van der Waals surface area contributed by atoms with Crippen molar-refractivity contribution >= 4 is 12.0 Å². The third kappa shape index (κ3) is 3.65. The number of halogens is 3. The van der Waals surface area contributed by atoms with Gasteiger partial charge < -0.3 is 5.11 Å². The molecule has 0 aliphatic carbocycles. The topological polar surface area (TPSA) is 61.1 Å². The highest BCUT2D eigenvalue weighted by atomic mass is 19.4. The van der Waals surface area contributed by atoms with Crippen LogP contribution in [-0.2, 0) is 11.0 Å². The van der Waals surface area contributed by atoms with E-state index >= 15 is 0 Å². The first-order valence-electron chi connectivity index (χ1n) is 4.36. The van der Waals surface area contributed by atoms with Gasteiger partial charge in [0.1, 0.15) is 0 Å². The molecule has 1 aromatic carbocycles. The molecule has 1 N–H and O–H groups in total. The summed E-state index contributed by atoms with van der Waals surface area (Å²) in [5.74, 6) is -1.28. The van der Waals surface area contributed by atoms with Gasteiger partial charge in [-0.3, -0.25) is 0 Å². The summed E-state index contributed by atoms with van der Waals surface area (Å²) < 4.78 is 37.3. The molecule has 0 aromatic heterocycles. The van der Waals surface area contributed by atoms with Crippen LogP contribution in [0, 0.1) is 11.3 Å². The Kier molecular flexibility index (Phi) is 3.53. The normalized spacial score (nSPS) is 11.4. The summed E-state index contributed by atoms with van der Waals surface area (Å²) >= 11 is 0. The highest BCUT2D eigenvalue weighted by Crippen LogP contribution is 2.30. The smallest absolute Gasteiger partial charge is 0.416 e. The van der Waals surface area contributed by atoms with E-state index in [9.17, 15) is 18.0 Å². The molecule has 0 heterocycles. The summed E-state index contributed by atoms with van der Waals surface area (Å²) in [6.07, 6.45) is -2.87. The summed E-state index contributed by atoms with van der Waals surface area (Å²) in [4.78, 5) is 10.2. The van der Waals surface area contributed by atoms with Gasteiger partial charge in [-0.2, -0.15) is 18.4 Å². The molecule has 0 atom stereocenters. The van der Waals surface area contributed by atoms with Gasteiger partial charge in [-0.25, -0.2) is 4.79 Å². The molecule has 0 aliphatic heterocycles. The maximum Gasteiger partial charge on any atom is 0.416 e. The predicted molar refractivity (Wildman–Crippen MR) is 52.8 cm³/mol. The lowest BCUT2D eigenvalue weighted by molar-refractivity contribution is -0.137. The molecule has 1 rings (SSSR count). The summed E-state index contributed by atoms with van der Waals surface area (Å²) in [5.41, 5.74) is -1.15. The second-order valence-electron chi connectivity index (χ2n) is 3.12. The first-order chi connectivity index (χ1) is 7.82. The van der Waals surface area contributed by atoms with E-state index in [1.54, 1.807) is 6.07 Å². The van der Waals surface area contributed by atoms with E-state index in [1.165, 1.54) is 6.07 Å². The molecule has 0 saturated carbocycles. The van der Waals surface area contributed by atoms with Gasteiger partial charge >= 0.3 is 12.1 Å². The number of carboxylic acid groups (broad SMARTS) is 1. The van der Waals surface area contributed by atoms with Gasteiger partial charge in [0.2, 0.25) is 0 Å². The van der Waals surface area contributed by atoms with Crippen LogP contribution in [0.5, 0.6) is 0 Å². The molecule has 0 bridgehead atoms. The Bertz CT molecular complexity index is 512. The molecule has 0 saturated heterocycles. The highest BCUT2D eigenvalue weighted by molar-refractivity contribution is 5.85. The third-order valence-electron chi connectivity index (χ3n) is 1.83. The van der Waals surface area contributed by atoms with Crippen LogP contribution < -0.4 is 0 Å². The van der Waals surface area contributed by atoms with Gasteiger partial charge in [-0.15, -0.1) is 0 Å². The van der Waals surface area contributed by atoms with E-state index in [1.807, 2.05) is 0 Å². The van der Waals surface area contributed by atoms with Gasteiger partial charge in [0, 0.05) is 6.08 Å². The molecule has 17 heavy (non-hydrogen) atoms. The van der Waals surface area contributed by atoms with Crippen LogP contribution in [0.4, 0.5) is 13.2 Å². The Morgan fingerprint density at radius 2 is 2.00 bits per heavy atom. The number of nitrogens with zero attached hydrogens (tertiary/aromatic N) is 1. The first-order valence-corrected chi connectivity index (χ1v) is 4.36. The van der Waals surface area contributed by atoms with Crippen molar-refractivity contribution in [2.24, 2.45) is 0 Å². The maximum absolute atomic E-state index is 12.4. The first kappa shape index (κ1) is 12.8. The lowest BCUT2D eigenvalue weighted by atomic mass is 10.1. The minimum atomic E-state index is -4.57. The van der Waals surface area contributed by atoms with Crippen LogP contribution in [-0.4, -0.2) is 11.1 Å². The molecule has 1 aromatic rings. The van der Waals surface area contributed by atoms with Crippen molar-refractivity contribution in [3.8, 4) is 6.07 Å². The van der Waals surface area contributed by atoms with Crippen molar-refractivity contribution in [2.75, 3.05) is 0 Å². The van der Waals surface area contributed by atoms with Crippen molar-refractivity contribution in [3.63, 3.8) is 0 Å². The summed E-state index contributed by atoms with van der Waals surface area (Å²) in [6, 6.07) is 4.25. The van der Waals surface area contributed by atoms with Gasteiger partial charge in [0.25, 0.3) is 0 Å². The molecular formula is C11H6F3NO2. The zero-order valence-corrected chi connectivity index (χ0v) is 8.32. The molecule has 88 valence electrons. The number of carbonyl (C=O) groups is 1. The van der Waals surface area contributed by atoms with Gasteiger partial charge in [0.15, 0.2) is 0 Å². The number of rotatable bonds is 2. The van der Waals surface area contributed by atoms with Gasteiger partial charge in [-0.1, -0.05) is 0 Å². The average Bonchev–Trinajstić information content (AvgIpc) is 2.24. The standard InChI is InChI=1S/C11H6F3NO2/c12-11(13,14)9-4-7(1-2-10(16)17)3-8(5-9)6-15/h1-5H,(H,16,17). The van der Waals surface area contributed by atoms with E-state index in [0.717, 1.165) is 12.1 Å². The van der Waals surface area contributed by atoms with E-state index in [4.69, 9.17) is 10.4 Å². The molecule has 0 fully saturated rings. The molecule has 6 heteroatoms. The summed E-state index contributed by atoms with van der Waals surface area (Å²) in [5, 5.41) is 16.9. The Labute approximate surface area is 94.4 Å². The number of alkyl halides is 3. The SMILES string of the molecule is N#Cc1cc(C=CC(=O)O)cc(C(F)(F)F)c1. The molecule has 0 unspecified atom stereocenters. The van der Waals surface area contributed by atoms with E-state index < -0.39 is 17.7 Å². The van der Waals surface area contributed by atoms with Crippen molar-refractivity contribution in [2.45, 2.75) is 6.18 Å². The zero-order chi connectivity index (χ0) is 13.1. The number of carboxylic acids is 1. The number of hydrogen-bond donors (Lipinski definition) is 1. The second-order valence-corrected chi connectivity index (χ2v) is 3.12. The molecule has 0 spiro atoms. The van der Waals surface area contributed by atoms with E-state index in [2.05, 4.69) is 0 Å². The third-order valence-corrected chi connectivity index (χ3v) is 1.83. The fourth-order valence-electron chi connectivity index (χ4n) is 1.14. The maximum atomic E-state index is 12.4. The minimum absolute atomic E-state index is 0.0128. The van der Waals surface area contributed by atoms with Crippen LogP contribution in [0.3, 0.4) is 0 Å². The lowest BCUT2D eigenvalue weighted by Gasteiger charge is -2.07. The number of nitriles is 1. The number of benzene rings is 1. The molecule has 0 amide bonds. The Balaban J connectivity index is 3.25. The molecule has 3 nitrogen and oxygen atoms in total. The van der Waals surface area contributed by atoms with Crippen molar-refractivity contribution in [1.82, 2.24) is 0 Å². The van der Waals surface area contributed by atoms with Gasteiger partial charge in [0.05, 0.1) is 17.2 Å². The molecular weight excluding hydrogens is 235 g/mol. The fourth-order valence-corrected chi connectivity index (χ4v) is 1.14. The van der Waals surface area contributed by atoms with Crippen LogP contribution in [0.15, 0.2) is 24.3 Å². The van der Waals surface area contributed by atoms with Crippen molar-refractivity contribution in [3.05, 3.63) is 41.0 Å². The number of hydrogen-bond acceptors (Lipinski definition) is 2. The van der Waals surface area contributed by atoms with Crippen molar-refractivity contribution < 1.29 is 23.1 Å². The minimum Gasteiger partial charge on any atom is -0.478 e. The monoisotopic (exact) mass is 241 g/mol. The van der Waals surface area contributed by atoms with Gasteiger partial charge in [-0.05, 0) is 29.8 Å². The van der Waals surface area contributed by atoms with Crippen LogP contribution in [0.25, 0.3) is 6.08 Å². The molecule has 0 aliphatic rings. The van der Waals surface area contributed by atoms with E-state index in [-0.39, 0.29) is 11.1 Å². The Morgan fingerprint density at radius 1 is 1.35 bits per heavy atom. The zero-order valence-electron chi connectivity index (χ0n) is 8.32. The molecule has 0 radical (unpaired) electrons.